The molecule has 0 radical (unpaired) electrons. The highest BCUT2D eigenvalue weighted by Gasteiger charge is 2.10. The Bertz CT molecular complexity index is 790. The summed E-state index contributed by atoms with van der Waals surface area (Å²) in [5.74, 6) is 0.894. The molecular weight excluding hydrogens is 334 g/mol. The Morgan fingerprint density at radius 1 is 1.04 bits per heavy atom. The third-order valence-electron chi connectivity index (χ3n) is 3.65. The second kappa shape index (κ2) is 8.75. The molecule has 0 saturated heterocycles. The molecule has 7 heteroatoms. The van der Waals surface area contributed by atoms with E-state index < -0.39 is 0 Å². The van der Waals surface area contributed by atoms with E-state index in [0.29, 0.717) is 28.4 Å². The molecule has 7 nitrogen and oxygen atoms in total. The molecule has 2 aromatic carbocycles. The summed E-state index contributed by atoms with van der Waals surface area (Å²) in [6.07, 6.45) is 0. The maximum Gasteiger partial charge on any atom is 0.253 e. The molecule has 2 amide bonds. The Morgan fingerprint density at radius 3 is 2.46 bits per heavy atom. The van der Waals surface area contributed by atoms with E-state index >= 15 is 0 Å². The molecule has 2 N–H and O–H groups in total. The minimum absolute atomic E-state index is 0.0371. The Kier molecular flexibility index (Phi) is 6.43. The zero-order valence-electron chi connectivity index (χ0n) is 15.3. The van der Waals surface area contributed by atoms with Crippen molar-refractivity contribution in [3.8, 4) is 11.5 Å². The molecule has 0 aliphatic rings. The minimum Gasteiger partial charge on any atom is -0.497 e. The van der Waals surface area contributed by atoms with Crippen LogP contribution in [0.1, 0.15) is 10.4 Å². The number of carbonyl (C=O) groups is 2. The Morgan fingerprint density at radius 2 is 1.81 bits per heavy atom. The SMILES string of the molecule is COc1ccc(OC)c(NCC(=O)Nc2cccc(C(=O)N(C)C)c2)c1. The van der Waals surface area contributed by atoms with Crippen LogP contribution in [0.15, 0.2) is 42.5 Å². The van der Waals surface area contributed by atoms with Gasteiger partial charge in [0.1, 0.15) is 11.5 Å². The topological polar surface area (TPSA) is 79.9 Å². The molecule has 0 bridgehead atoms. The highest BCUT2D eigenvalue weighted by molar-refractivity contribution is 5.98. The fourth-order valence-electron chi connectivity index (χ4n) is 2.32. The first-order chi connectivity index (χ1) is 12.4. The lowest BCUT2D eigenvalue weighted by Gasteiger charge is -2.13. The third-order valence-corrected chi connectivity index (χ3v) is 3.65. The number of hydrogen-bond donors (Lipinski definition) is 2. The van der Waals surface area contributed by atoms with Gasteiger partial charge in [0.15, 0.2) is 0 Å². The van der Waals surface area contributed by atoms with Crippen molar-refractivity contribution >= 4 is 23.2 Å². The average molecular weight is 357 g/mol. The van der Waals surface area contributed by atoms with Crippen LogP contribution < -0.4 is 20.1 Å². The van der Waals surface area contributed by atoms with Crippen LogP contribution in [0.5, 0.6) is 11.5 Å². The summed E-state index contributed by atoms with van der Waals surface area (Å²) in [4.78, 5) is 25.7. The first-order valence-electron chi connectivity index (χ1n) is 8.02. The largest absolute Gasteiger partial charge is 0.497 e. The molecule has 0 heterocycles. The smallest absolute Gasteiger partial charge is 0.253 e. The quantitative estimate of drug-likeness (QED) is 0.796. The van der Waals surface area contributed by atoms with Gasteiger partial charge >= 0.3 is 0 Å². The first-order valence-corrected chi connectivity index (χ1v) is 8.02. The predicted molar refractivity (Wildman–Crippen MR) is 101 cm³/mol. The fraction of sp³-hybridized carbons (Fsp3) is 0.263. The number of ether oxygens (including phenoxy) is 2. The van der Waals surface area contributed by atoms with Gasteiger partial charge in [-0.25, -0.2) is 0 Å². The molecule has 2 rings (SSSR count). The molecule has 26 heavy (non-hydrogen) atoms. The van der Waals surface area contributed by atoms with E-state index in [4.69, 9.17) is 9.47 Å². The van der Waals surface area contributed by atoms with Gasteiger partial charge in [0.2, 0.25) is 5.91 Å². The summed E-state index contributed by atoms with van der Waals surface area (Å²) in [7, 11) is 6.48. The molecule has 0 saturated carbocycles. The molecule has 0 spiro atoms. The number of methoxy groups -OCH3 is 2. The average Bonchev–Trinajstić information content (AvgIpc) is 2.65. The summed E-state index contributed by atoms with van der Waals surface area (Å²) in [5, 5.41) is 5.79. The monoisotopic (exact) mass is 357 g/mol. The van der Waals surface area contributed by atoms with Crippen LogP contribution in [0.2, 0.25) is 0 Å². The van der Waals surface area contributed by atoms with Crippen molar-refractivity contribution in [2.45, 2.75) is 0 Å². The third kappa shape index (κ3) is 4.89. The molecule has 0 atom stereocenters. The summed E-state index contributed by atoms with van der Waals surface area (Å²) in [5.41, 5.74) is 1.72. The standard InChI is InChI=1S/C19H23N3O4/c1-22(2)19(24)13-6-5-7-14(10-13)21-18(23)12-20-16-11-15(25-3)8-9-17(16)26-4/h5-11,20H,12H2,1-4H3,(H,21,23). The van der Waals surface area contributed by atoms with Gasteiger partial charge in [0, 0.05) is 31.4 Å². The van der Waals surface area contributed by atoms with Crippen molar-refractivity contribution in [2.75, 3.05) is 45.5 Å². The maximum absolute atomic E-state index is 12.2. The Hall–Kier alpha value is -3.22. The van der Waals surface area contributed by atoms with Gasteiger partial charge in [-0.05, 0) is 30.3 Å². The summed E-state index contributed by atoms with van der Waals surface area (Å²) in [6.45, 7) is 0.0371. The van der Waals surface area contributed by atoms with Gasteiger partial charge in [-0.15, -0.1) is 0 Å². The first kappa shape index (κ1) is 19.1. The summed E-state index contributed by atoms with van der Waals surface area (Å²) < 4.78 is 10.4. The second-order valence-electron chi connectivity index (χ2n) is 5.75. The van der Waals surface area contributed by atoms with Gasteiger partial charge in [0.05, 0.1) is 26.5 Å². The number of amides is 2. The van der Waals surface area contributed by atoms with Crippen molar-refractivity contribution in [3.63, 3.8) is 0 Å². The van der Waals surface area contributed by atoms with Crippen molar-refractivity contribution < 1.29 is 19.1 Å². The van der Waals surface area contributed by atoms with Crippen LogP contribution in [0, 0.1) is 0 Å². The van der Waals surface area contributed by atoms with Crippen LogP contribution in [-0.2, 0) is 4.79 Å². The lowest BCUT2D eigenvalue weighted by Crippen LogP contribution is -2.23. The summed E-state index contributed by atoms with van der Waals surface area (Å²) >= 11 is 0. The number of benzene rings is 2. The zero-order valence-corrected chi connectivity index (χ0v) is 15.3. The molecule has 0 aliphatic carbocycles. The van der Waals surface area contributed by atoms with Crippen LogP contribution >= 0.6 is 0 Å². The molecule has 2 aromatic rings. The number of nitrogens with zero attached hydrogens (tertiary/aromatic N) is 1. The van der Waals surface area contributed by atoms with Gasteiger partial charge < -0.3 is 25.0 Å². The Balaban J connectivity index is 2.02. The number of carbonyl (C=O) groups excluding carboxylic acids is 2. The maximum atomic E-state index is 12.2. The second-order valence-corrected chi connectivity index (χ2v) is 5.75. The van der Waals surface area contributed by atoms with Gasteiger partial charge in [-0.3, -0.25) is 9.59 Å². The normalized spacial score (nSPS) is 10.0. The number of anilines is 2. The van der Waals surface area contributed by atoms with Crippen LogP contribution in [0.25, 0.3) is 0 Å². The fourth-order valence-corrected chi connectivity index (χ4v) is 2.32. The van der Waals surface area contributed by atoms with E-state index in [9.17, 15) is 9.59 Å². The highest BCUT2D eigenvalue weighted by atomic mass is 16.5. The van der Waals surface area contributed by atoms with E-state index in [1.807, 2.05) is 0 Å². The predicted octanol–water partition coefficient (Wildman–Crippen LogP) is 2.46. The minimum atomic E-state index is -0.246. The van der Waals surface area contributed by atoms with E-state index in [-0.39, 0.29) is 18.4 Å². The molecule has 0 fully saturated rings. The zero-order chi connectivity index (χ0) is 19.1. The van der Waals surface area contributed by atoms with E-state index in [2.05, 4.69) is 10.6 Å². The van der Waals surface area contributed by atoms with Crippen LogP contribution in [-0.4, -0.2) is 51.6 Å². The molecule has 0 unspecified atom stereocenters. The van der Waals surface area contributed by atoms with Crippen molar-refractivity contribution in [1.82, 2.24) is 4.90 Å². The summed E-state index contributed by atoms with van der Waals surface area (Å²) in [6, 6.07) is 12.1. The molecule has 0 aliphatic heterocycles. The van der Waals surface area contributed by atoms with Crippen molar-refractivity contribution in [1.29, 1.82) is 0 Å². The van der Waals surface area contributed by atoms with Crippen molar-refractivity contribution in [3.05, 3.63) is 48.0 Å². The van der Waals surface area contributed by atoms with E-state index in [0.717, 1.165) is 0 Å². The number of nitrogens with one attached hydrogen (secondary N) is 2. The highest BCUT2D eigenvalue weighted by Crippen LogP contribution is 2.28. The lowest BCUT2D eigenvalue weighted by molar-refractivity contribution is -0.114. The number of hydrogen-bond acceptors (Lipinski definition) is 5. The molecule has 0 aromatic heterocycles. The van der Waals surface area contributed by atoms with Gasteiger partial charge in [-0.2, -0.15) is 0 Å². The number of rotatable bonds is 7. The lowest BCUT2D eigenvalue weighted by atomic mass is 10.2. The van der Waals surface area contributed by atoms with E-state index in [1.54, 1.807) is 70.8 Å². The van der Waals surface area contributed by atoms with Gasteiger partial charge in [-0.1, -0.05) is 6.07 Å². The van der Waals surface area contributed by atoms with E-state index in [1.165, 1.54) is 4.90 Å². The van der Waals surface area contributed by atoms with Crippen LogP contribution in [0.3, 0.4) is 0 Å². The van der Waals surface area contributed by atoms with Crippen LogP contribution in [0.4, 0.5) is 11.4 Å². The van der Waals surface area contributed by atoms with Crippen molar-refractivity contribution in [2.24, 2.45) is 0 Å². The molecular formula is C19H23N3O4. The Labute approximate surface area is 152 Å². The molecule has 138 valence electrons. The van der Waals surface area contributed by atoms with Gasteiger partial charge in [0.25, 0.3) is 5.91 Å².